The van der Waals surface area contributed by atoms with Crippen molar-refractivity contribution >= 4 is 250 Å². The SMILES string of the molecule is c1ccc(-c2nc(-c3cc4c5ccccc5n5c6ccccc6c(c3)c45)nc3c2sc2ccccc23)cc1.c1ccc(-n2c3ccc(-c4ccc5c6ccccc6n6c7ccccc7c4c56)cc3c3ccncc32)cc1.c1cnc2c(c1)oc1ccc(-c3cc4c5ccccc5n5c6ccccc6c(c3)c45)cc12.c1cnc2c(c1)oc1ccc(-c3ccc4c5ccccc5n5c6ccccc6c3c45)cc12. The lowest BCUT2D eigenvalue weighted by atomic mass is 9.96. The van der Waals surface area contributed by atoms with Crippen LogP contribution in [0.2, 0.25) is 0 Å². The normalized spacial score (nSPS) is 12.3. The van der Waals surface area contributed by atoms with Gasteiger partial charge in [0, 0.05) is 153 Å². The Morgan fingerprint density at radius 1 is 0.221 bits per heavy atom. The molecule has 648 valence electrons. The van der Waals surface area contributed by atoms with Crippen molar-refractivity contribution in [2.24, 2.45) is 0 Å². The van der Waals surface area contributed by atoms with E-state index in [-0.39, 0.29) is 0 Å². The summed E-state index contributed by atoms with van der Waals surface area (Å²) in [5, 5.41) is 26.3. The van der Waals surface area contributed by atoms with E-state index >= 15 is 0 Å². The fourth-order valence-corrected chi connectivity index (χ4v) is 24.7. The van der Waals surface area contributed by atoms with Crippen LogP contribution in [-0.4, -0.2) is 47.1 Å². The maximum absolute atomic E-state index is 6.01. The predicted molar refractivity (Wildman–Crippen MR) is 582 cm³/mol. The van der Waals surface area contributed by atoms with Crippen LogP contribution in [0, 0.1) is 0 Å². The van der Waals surface area contributed by atoms with Crippen molar-refractivity contribution in [2.45, 2.75) is 0 Å². The highest BCUT2D eigenvalue weighted by atomic mass is 32.1. The summed E-state index contributed by atoms with van der Waals surface area (Å²) in [6, 6.07) is 147. The van der Waals surface area contributed by atoms with Crippen LogP contribution in [0.15, 0.2) is 446 Å². The van der Waals surface area contributed by atoms with Gasteiger partial charge in [-0.1, -0.05) is 255 Å². The smallest absolute Gasteiger partial charge is 0.160 e. The van der Waals surface area contributed by atoms with Gasteiger partial charge in [0.15, 0.2) is 17.0 Å². The molecule has 0 fully saturated rings. The van der Waals surface area contributed by atoms with E-state index in [0.29, 0.717) is 0 Å². The fraction of sp³-hybridized carbons (Fsp3) is 0. The third-order valence-corrected chi connectivity index (χ3v) is 30.6. The molecule has 0 amide bonds. The maximum atomic E-state index is 6.01. The zero-order chi connectivity index (χ0) is 91.2. The summed E-state index contributed by atoms with van der Waals surface area (Å²) in [5.74, 6) is 0.763. The average Bonchev–Trinajstić information content (AvgIpc) is 1.53. The second-order valence-corrected chi connectivity index (χ2v) is 37.8. The Kier molecular flexibility index (Phi) is 16.1. The van der Waals surface area contributed by atoms with E-state index < -0.39 is 0 Å². The van der Waals surface area contributed by atoms with Crippen molar-refractivity contribution < 1.29 is 8.83 Å². The van der Waals surface area contributed by atoms with Crippen LogP contribution in [0.3, 0.4) is 0 Å². The molecule has 0 saturated carbocycles. The second kappa shape index (κ2) is 29.4. The van der Waals surface area contributed by atoms with Crippen molar-refractivity contribution in [3.05, 3.63) is 437 Å². The molecule has 13 heteroatoms. The minimum atomic E-state index is 0.763. The summed E-state index contributed by atoms with van der Waals surface area (Å²) >= 11 is 1.77. The largest absolute Gasteiger partial charge is 0.454 e. The molecule has 140 heavy (non-hydrogen) atoms. The lowest BCUT2D eigenvalue weighted by molar-refractivity contribution is 0.668. The molecule has 0 N–H and O–H groups in total. The van der Waals surface area contributed by atoms with E-state index in [1.807, 2.05) is 49.1 Å². The van der Waals surface area contributed by atoms with Gasteiger partial charge < -0.3 is 31.0 Å². The molecule has 0 bridgehead atoms. The number of hydrogen-bond acceptors (Lipinski definition) is 8. The molecule has 16 aromatic heterocycles. The third kappa shape index (κ3) is 11.0. The van der Waals surface area contributed by atoms with Crippen LogP contribution in [0.4, 0.5) is 0 Å². The molecule has 12 nitrogen and oxygen atoms in total. The summed E-state index contributed by atoms with van der Waals surface area (Å²) in [5.41, 5.74) is 35.3. The van der Waals surface area contributed by atoms with Gasteiger partial charge in [-0.15, -0.1) is 11.3 Å². The Hall–Kier alpha value is -18.7. The van der Waals surface area contributed by atoms with E-state index in [9.17, 15) is 0 Å². The Labute approximate surface area is 799 Å². The molecular formula is C127H72N10O2S. The van der Waals surface area contributed by atoms with Gasteiger partial charge in [-0.05, 0) is 191 Å². The molecule has 34 rings (SSSR count). The number of hydrogen-bond donors (Lipinski definition) is 0. The van der Waals surface area contributed by atoms with Crippen molar-refractivity contribution in [1.29, 1.82) is 0 Å². The first kappa shape index (κ1) is 76.7. The molecule has 0 aliphatic carbocycles. The van der Waals surface area contributed by atoms with Gasteiger partial charge in [0.2, 0.25) is 0 Å². The lowest BCUT2D eigenvalue weighted by Gasteiger charge is -2.09. The van der Waals surface area contributed by atoms with Crippen LogP contribution < -0.4 is 0 Å². The Morgan fingerprint density at radius 2 is 0.614 bits per heavy atom. The van der Waals surface area contributed by atoms with E-state index in [2.05, 4.69) is 425 Å². The van der Waals surface area contributed by atoms with Gasteiger partial charge in [0.1, 0.15) is 22.2 Å². The molecular weight excluding hydrogens is 1730 g/mol. The highest BCUT2D eigenvalue weighted by Gasteiger charge is 2.28. The lowest BCUT2D eigenvalue weighted by Crippen LogP contribution is -1.93. The number of fused-ring (bicyclic) bond motifs is 36. The van der Waals surface area contributed by atoms with Crippen LogP contribution in [0.5, 0.6) is 0 Å². The molecule has 0 unspecified atom stereocenters. The van der Waals surface area contributed by atoms with Crippen molar-refractivity contribution in [3.8, 4) is 61.7 Å². The van der Waals surface area contributed by atoms with Crippen LogP contribution >= 0.6 is 11.3 Å². The van der Waals surface area contributed by atoms with Crippen molar-refractivity contribution in [3.63, 3.8) is 0 Å². The summed E-state index contributed by atoms with van der Waals surface area (Å²) in [4.78, 5) is 24.1. The Balaban J connectivity index is 0.0000000863. The quantitative estimate of drug-likeness (QED) is 0.163. The first-order valence-electron chi connectivity index (χ1n) is 47.4. The Morgan fingerprint density at radius 3 is 1.12 bits per heavy atom. The van der Waals surface area contributed by atoms with Crippen LogP contribution in [0.1, 0.15) is 0 Å². The zero-order valence-electron chi connectivity index (χ0n) is 74.8. The Bertz CT molecular complexity index is 11000. The average molecular weight is 1800 g/mol. The number of thiophene rings is 1. The zero-order valence-corrected chi connectivity index (χ0v) is 75.6. The van der Waals surface area contributed by atoms with E-state index in [4.69, 9.17) is 18.8 Å². The van der Waals surface area contributed by atoms with E-state index in [1.165, 1.54) is 212 Å². The predicted octanol–water partition coefficient (Wildman–Crippen LogP) is 33.9. The summed E-state index contributed by atoms with van der Waals surface area (Å²) in [6.45, 7) is 0. The molecule has 0 aliphatic heterocycles. The maximum Gasteiger partial charge on any atom is 0.160 e. The molecule has 0 atom stereocenters. The van der Waals surface area contributed by atoms with Crippen molar-refractivity contribution in [1.82, 2.24) is 47.1 Å². The fourth-order valence-electron chi connectivity index (χ4n) is 23.5. The van der Waals surface area contributed by atoms with Gasteiger partial charge in [0.25, 0.3) is 0 Å². The number of aromatic nitrogens is 10. The topological polar surface area (TPSA) is 113 Å². The second-order valence-electron chi connectivity index (χ2n) is 36.7. The van der Waals surface area contributed by atoms with Gasteiger partial charge in [-0.25, -0.2) is 9.97 Å². The highest BCUT2D eigenvalue weighted by Crippen LogP contribution is 2.51. The summed E-state index contributed by atoms with van der Waals surface area (Å²) in [7, 11) is 0. The molecule has 0 spiro atoms. The first-order chi connectivity index (χ1) is 69.5. The first-order valence-corrected chi connectivity index (χ1v) is 48.2. The van der Waals surface area contributed by atoms with Crippen molar-refractivity contribution in [2.75, 3.05) is 0 Å². The highest BCUT2D eigenvalue weighted by molar-refractivity contribution is 7.26. The number of furan rings is 2. The molecule has 0 saturated heterocycles. The minimum Gasteiger partial charge on any atom is -0.454 e. The van der Waals surface area contributed by atoms with Gasteiger partial charge in [0.05, 0.1) is 99.3 Å². The number of benzene rings is 18. The van der Waals surface area contributed by atoms with Gasteiger partial charge >= 0.3 is 0 Å². The third-order valence-electron chi connectivity index (χ3n) is 29.4. The number of para-hydroxylation sites is 9. The standard InChI is InChI=1S/C35H21N3.C34H19N3S.2C29H16N2O/c1-2-8-23(9-3-1)37-32-17-14-22(20-29(32)26-18-19-36-21-33(26)37)24-15-16-27-25-10-4-6-12-30(25)38-31-13-7-5-11-28(31)34(24)35(27)38;1-2-10-20(11-3-1)30-33-31(24-14-6-9-17-29(24)38-33)36-34(35-30)21-18-25-22-12-4-7-15-27(22)37-28-16-8-5-13-23(28)26(19-21)32(25)37;1-3-8-23-19(6-1)20-13-12-18(27-21-7-2-4-9-24(21)31(23)29(20)27)17-11-14-25-22(16-17)28-26(32-25)10-5-15-30-28;1-3-8-24-19(6-1)21-15-18(16-22-20-7-2-4-9-25(20)31(24)29(21)22)17-11-12-26-23(14-17)28-27(32-26)10-5-13-30-28/h1-21H;1-19H;2*1-16H. The molecule has 18 aromatic carbocycles. The minimum absolute atomic E-state index is 0.763. The van der Waals surface area contributed by atoms with Gasteiger partial charge in [-0.2, -0.15) is 0 Å². The number of nitrogens with zero attached hydrogens (tertiary/aromatic N) is 10. The van der Waals surface area contributed by atoms with E-state index in [1.54, 1.807) is 11.3 Å². The number of rotatable bonds is 6. The summed E-state index contributed by atoms with van der Waals surface area (Å²) in [6.07, 6.45) is 7.51. The molecule has 0 aliphatic rings. The molecule has 34 aromatic rings. The monoisotopic (exact) mass is 1800 g/mol. The molecule has 16 heterocycles. The van der Waals surface area contributed by atoms with E-state index in [0.717, 1.165) is 88.2 Å². The summed E-state index contributed by atoms with van der Waals surface area (Å²) < 4.78 is 26.4. The van der Waals surface area contributed by atoms with Gasteiger partial charge in [-0.3, -0.25) is 15.0 Å². The van der Waals surface area contributed by atoms with Crippen LogP contribution in [0.25, 0.3) is 300 Å². The number of pyridine rings is 3. The van der Waals surface area contributed by atoms with Crippen LogP contribution in [-0.2, 0) is 0 Å². The molecule has 0 radical (unpaired) electrons.